The van der Waals surface area contributed by atoms with Crippen LogP contribution in [0, 0.1) is 6.92 Å². The zero-order valence-electron chi connectivity index (χ0n) is 12.9. The van der Waals surface area contributed by atoms with Crippen LogP contribution >= 0.6 is 0 Å². The fourth-order valence-electron chi connectivity index (χ4n) is 3.79. The zero-order chi connectivity index (χ0) is 15.1. The van der Waals surface area contributed by atoms with Crippen LogP contribution in [0.15, 0.2) is 12.4 Å². The van der Waals surface area contributed by atoms with E-state index < -0.39 is 0 Å². The van der Waals surface area contributed by atoms with Gasteiger partial charge in [0.25, 0.3) is 5.91 Å². The predicted octanol–water partition coefficient (Wildman–Crippen LogP) is 1.88. The van der Waals surface area contributed by atoms with Crippen molar-refractivity contribution in [3.05, 3.63) is 35.2 Å². The summed E-state index contributed by atoms with van der Waals surface area (Å²) in [6.45, 7) is 3.59. The lowest BCUT2D eigenvalue weighted by Crippen LogP contribution is -2.41. The van der Waals surface area contributed by atoms with E-state index in [2.05, 4.69) is 19.7 Å². The number of nitrogens with zero attached hydrogens (tertiary/aromatic N) is 4. The van der Waals surface area contributed by atoms with Crippen molar-refractivity contribution in [3.63, 3.8) is 0 Å². The second-order valence-electron chi connectivity index (χ2n) is 6.31. The molecule has 1 amide bonds. The summed E-state index contributed by atoms with van der Waals surface area (Å²) in [5, 5.41) is 7.32. The molecule has 0 aromatic carbocycles. The molecule has 0 saturated carbocycles. The maximum absolute atomic E-state index is 12.8. The molecule has 1 N–H and O–H groups in total. The van der Waals surface area contributed by atoms with Crippen LogP contribution in [-0.4, -0.2) is 43.6 Å². The Labute approximate surface area is 129 Å². The maximum atomic E-state index is 12.8. The molecule has 0 spiro atoms. The number of rotatable bonds is 2. The van der Waals surface area contributed by atoms with Crippen LogP contribution in [0.4, 0.5) is 0 Å². The summed E-state index contributed by atoms with van der Waals surface area (Å²) < 4.78 is 2.19. The number of aryl methyl sites for hydroxylation is 2. The van der Waals surface area contributed by atoms with Gasteiger partial charge in [-0.1, -0.05) is 0 Å². The molecular weight excluding hydrogens is 278 g/mol. The third-order valence-corrected chi connectivity index (χ3v) is 4.95. The van der Waals surface area contributed by atoms with Crippen LogP contribution in [0.25, 0.3) is 0 Å². The standard InChI is InChI=1S/C16H21N5O/c1-11-17-7-9-21(11)12-4-3-8-20(10-12)16(22)15-13-5-2-6-14(13)18-19-15/h7,9,12H,2-6,8,10H2,1H3,(H,18,19)/t12-/m1/s1. The second kappa shape index (κ2) is 5.26. The van der Waals surface area contributed by atoms with Gasteiger partial charge in [0.1, 0.15) is 5.82 Å². The first-order valence-electron chi connectivity index (χ1n) is 8.09. The number of nitrogens with one attached hydrogen (secondary N) is 1. The number of H-pyrrole nitrogens is 1. The number of hydrogen-bond acceptors (Lipinski definition) is 3. The lowest BCUT2D eigenvalue weighted by atomic mass is 10.0. The molecule has 6 nitrogen and oxygen atoms in total. The summed E-state index contributed by atoms with van der Waals surface area (Å²) >= 11 is 0. The van der Waals surface area contributed by atoms with E-state index in [9.17, 15) is 4.79 Å². The van der Waals surface area contributed by atoms with Gasteiger partial charge < -0.3 is 9.47 Å². The lowest BCUT2D eigenvalue weighted by molar-refractivity contribution is 0.0671. The monoisotopic (exact) mass is 299 g/mol. The summed E-state index contributed by atoms with van der Waals surface area (Å²) in [4.78, 5) is 19.1. The summed E-state index contributed by atoms with van der Waals surface area (Å²) in [7, 11) is 0. The number of fused-ring (bicyclic) bond motifs is 1. The predicted molar refractivity (Wildman–Crippen MR) is 81.8 cm³/mol. The first-order chi connectivity index (χ1) is 10.7. The van der Waals surface area contributed by atoms with Crippen molar-refractivity contribution in [2.75, 3.05) is 13.1 Å². The van der Waals surface area contributed by atoms with E-state index in [4.69, 9.17) is 0 Å². The molecule has 2 aromatic heterocycles. The largest absolute Gasteiger partial charge is 0.335 e. The van der Waals surface area contributed by atoms with Crippen molar-refractivity contribution in [2.45, 2.75) is 45.1 Å². The molecule has 2 aliphatic rings. The Bertz CT molecular complexity index is 701. The van der Waals surface area contributed by atoms with Crippen LogP contribution in [-0.2, 0) is 12.8 Å². The Morgan fingerprint density at radius 2 is 2.27 bits per heavy atom. The highest BCUT2D eigenvalue weighted by molar-refractivity contribution is 5.94. The van der Waals surface area contributed by atoms with E-state index in [0.29, 0.717) is 11.7 Å². The number of aromatic nitrogens is 4. The van der Waals surface area contributed by atoms with Gasteiger partial charge in [-0.05, 0) is 39.0 Å². The van der Waals surface area contributed by atoms with Crippen LogP contribution in [0.2, 0.25) is 0 Å². The highest BCUT2D eigenvalue weighted by atomic mass is 16.2. The quantitative estimate of drug-likeness (QED) is 0.920. The molecule has 0 radical (unpaired) electrons. The molecule has 1 fully saturated rings. The van der Waals surface area contributed by atoms with E-state index in [1.54, 1.807) is 0 Å². The lowest BCUT2D eigenvalue weighted by Gasteiger charge is -2.33. The van der Waals surface area contributed by atoms with Crippen molar-refractivity contribution in [3.8, 4) is 0 Å². The van der Waals surface area contributed by atoms with Crippen molar-refractivity contribution in [1.29, 1.82) is 0 Å². The molecular formula is C16H21N5O. The third-order valence-electron chi connectivity index (χ3n) is 4.95. The summed E-state index contributed by atoms with van der Waals surface area (Å²) in [5.74, 6) is 1.10. The van der Waals surface area contributed by atoms with E-state index in [1.807, 2.05) is 24.2 Å². The molecule has 0 bridgehead atoms. The molecule has 3 heterocycles. The molecule has 22 heavy (non-hydrogen) atoms. The first kappa shape index (κ1) is 13.5. The summed E-state index contributed by atoms with van der Waals surface area (Å²) in [5.41, 5.74) is 2.95. The van der Waals surface area contributed by atoms with Gasteiger partial charge in [-0.25, -0.2) is 4.98 Å². The van der Waals surface area contributed by atoms with Crippen LogP contribution in [0.5, 0.6) is 0 Å². The Kier molecular flexibility index (Phi) is 3.24. The fraction of sp³-hybridized carbons (Fsp3) is 0.562. The Morgan fingerprint density at radius 3 is 3.09 bits per heavy atom. The highest BCUT2D eigenvalue weighted by Gasteiger charge is 2.30. The first-order valence-corrected chi connectivity index (χ1v) is 8.09. The fourth-order valence-corrected chi connectivity index (χ4v) is 3.79. The van der Waals surface area contributed by atoms with Crippen molar-refractivity contribution in [1.82, 2.24) is 24.6 Å². The number of aromatic amines is 1. The number of carbonyl (C=O) groups is 1. The molecule has 1 aliphatic heterocycles. The molecule has 116 valence electrons. The normalized spacial score (nSPS) is 21.1. The Morgan fingerprint density at radius 1 is 1.36 bits per heavy atom. The molecule has 0 unspecified atom stereocenters. The number of piperidine rings is 1. The second-order valence-corrected chi connectivity index (χ2v) is 6.31. The van der Waals surface area contributed by atoms with Crippen molar-refractivity contribution < 1.29 is 4.79 Å². The van der Waals surface area contributed by atoms with Gasteiger partial charge in [0.15, 0.2) is 5.69 Å². The van der Waals surface area contributed by atoms with E-state index in [1.165, 1.54) is 0 Å². The Balaban J connectivity index is 1.55. The van der Waals surface area contributed by atoms with Crippen molar-refractivity contribution >= 4 is 5.91 Å². The summed E-state index contributed by atoms with van der Waals surface area (Å²) in [6, 6.07) is 0.326. The highest BCUT2D eigenvalue weighted by Crippen LogP contribution is 2.27. The molecule has 1 atom stereocenters. The van der Waals surface area contributed by atoms with Gasteiger partial charge in [0.2, 0.25) is 0 Å². The maximum Gasteiger partial charge on any atom is 0.274 e. The van der Waals surface area contributed by atoms with Crippen molar-refractivity contribution in [2.24, 2.45) is 0 Å². The van der Waals surface area contributed by atoms with Crippen LogP contribution in [0.3, 0.4) is 0 Å². The van der Waals surface area contributed by atoms with Gasteiger partial charge in [0, 0.05) is 36.7 Å². The average molecular weight is 299 g/mol. The zero-order valence-corrected chi connectivity index (χ0v) is 12.9. The van der Waals surface area contributed by atoms with Gasteiger partial charge in [-0.3, -0.25) is 9.89 Å². The SMILES string of the molecule is Cc1nccn1[C@@H]1CCCN(C(=O)c2n[nH]c3c2CCC3)C1. The van der Waals surface area contributed by atoms with Crippen LogP contribution in [0.1, 0.15) is 52.9 Å². The number of likely N-dealkylation sites (tertiary alicyclic amines) is 1. The molecule has 2 aromatic rings. The number of carbonyl (C=O) groups excluding carboxylic acids is 1. The molecule has 6 heteroatoms. The van der Waals surface area contributed by atoms with Gasteiger partial charge in [-0.2, -0.15) is 5.10 Å². The third kappa shape index (κ3) is 2.14. The Hall–Kier alpha value is -2.11. The number of amides is 1. The minimum absolute atomic E-state index is 0.0851. The molecule has 1 aliphatic carbocycles. The van der Waals surface area contributed by atoms with Gasteiger partial charge >= 0.3 is 0 Å². The number of hydrogen-bond donors (Lipinski definition) is 1. The minimum atomic E-state index is 0.0851. The van der Waals surface area contributed by atoms with E-state index in [-0.39, 0.29) is 5.91 Å². The van der Waals surface area contributed by atoms with Crippen LogP contribution < -0.4 is 0 Å². The van der Waals surface area contributed by atoms with Gasteiger partial charge in [0.05, 0.1) is 6.04 Å². The van der Waals surface area contributed by atoms with E-state index >= 15 is 0 Å². The van der Waals surface area contributed by atoms with Gasteiger partial charge in [-0.15, -0.1) is 0 Å². The molecule has 1 saturated heterocycles. The number of imidazole rings is 1. The average Bonchev–Trinajstić information content (AvgIpc) is 3.22. The smallest absolute Gasteiger partial charge is 0.274 e. The van der Waals surface area contributed by atoms with E-state index in [0.717, 1.165) is 62.3 Å². The minimum Gasteiger partial charge on any atom is -0.335 e. The topological polar surface area (TPSA) is 66.8 Å². The summed E-state index contributed by atoms with van der Waals surface area (Å²) in [6.07, 6.45) is 9.09. The molecule has 4 rings (SSSR count).